The van der Waals surface area contributed by atoms with Gasteiger partial charge in [0.25, 0.3) is 0 Å². The van der Waals surface area contributed by atoms with Gasteiger partial charge in [0.2, 0.25) is 11.0 Å². The first kappa shape index (κ1) is 13.1. The zero-order chi connectivity index (χ0) is 12.8. The van der Waals surface area contributed by atoms with Crippen molar-refractivity contribution in [3.05, 3.63) is 27.4 Å². The normalized spacial score (nSPS) is 10.5. The maximum atomic E-state index is 11.7. The predicted octanol–water partition coefficient (Wildman–Crippen LogP) is 1.67. The molecule has 0 saturated carbocycles. The minimum atomic E-state index is -0.0565. The minimum Gasteiger partial charge on any atom is -0.330 e. The van der Waals surface area contributed by atoms with Crippen LogP contribution in [0.2, 0.25) is 0 Å². The van der Waals surface area contributed by atoms with Crippen molar-refractivity contribution >= 4 is 33.7 Å². The van der Waals surface area contributed by atoms with Crippen LogP contribution in [0.5, 0.6) is 0 Å². The Morgan fingerprint density at radius 2 is 2.33 bits per heavy atom. The monoisotopic (exact) mass is 282 g/mol. The molecule has 3 N–H and O–H groups in total. The van der Waals surface area contributed by atoms with Gasteiger partial charge in [0.1, 0.15) is 5.01 Å². The molecule has 0 saturated heterocycles. The van der Waals surface area contributed by atoms with Gasteiger partial charge in [0.05, 0.1) is 6.42 Å². The highest BCUT2D eigenvalue weighted by molar-refractivity contribution is 7.15. The molecule has 2 heterocycles. The van der Waals surface area contributed by atoms with Crippen molar-refractivity contribution in [2.45, 2.75) is 19.3 Å². The molecule has 0 aliphatic heterocycles. The van der Waals surface area contributed by atoms with Crippen molar-refractivity contribution in [3.8, 4) is 0 Å². The molecule has 0 aliphatic rings. The van der Waals surface area contributed by atoms with Crippen LogP contribution in [0.4, 0.5) is 5.13 Å². The number of rotatable bonds is 6. The summed E-state index contributed by atoms with van der Waals surface area (Å²) in [5.41, 5.74) is 5.43. The van der Waals surface area contributed by atoms with Crippen LogP contribution in [0.3, 0.4) is 0 Å². The van der Waals surface area contributed by atoms with Crippen molar-refractivity contribution in [2.75, 3.05) is 11.9 Å². The summed E-state index contributed by atoms with van der Waals surface area (Å²) in [4.78, 5) is 12.8. The Bertz CT molecular complexity index is 495. The Kier molecular flexibility index (Phi) is 4.80. The van der Waals surface area contributed by atoms with E-state index in [1.54, 1.807) is 11.3 Å². The Labute approximate surface area is 113 Å². The zero-order valence-corrected chi connectivity index (χ0v) is 11.4. The fraction of sp³-hybridized carbons (Fsp3) is 0.364. The number of nitrogens with two attached hydrogens (primary N) is 1. The molecule has 18 heavy (non-hydrogen) atoms. The van der Waals surface area contributed by atoms with Crippen LogP contribution in [0.1, 0.15) is 16.3 Å². The lowest BCUT2D eigenvalue weighted by atomic mass is 10.3. The van der Waals surface area contributed by atoms with E-state index in [0.717, 1.165) is 22.7 Å². The number of carbonyl (C=O) groups is 1. The number of hydrogen-bond acceptors (Lipinski definition) is 6. The van der Waals surface area contributed by atoms with Crippen molar-refractivity contribution in [2.24, 2.45) is 5.73 Å². The SMILES string of the molecule is NCCCc1nnc(NC(=O)Cc2cccs2)s1. The summed E-state index contributed by atoms with van der Waals surface area (Å²) < 4.78 is 0. The van der Waals surface area contributed by atoms with E-state index in [0.29, 0.717) is 18.1 Å². The summed E-state index contributed by atoms with van der Waals surface area (Å²) in [6, 6.07) is 3.88. The van der Waals surface area contributed by atoms with Gasteiger partial charge < -0.3 is 11.1 Å². The molecule has 0 fully saturated rings. The van der Waals surface area contributed by atoms with Gasteiger partial charge in [-0.15, -0.1) is 21.5 Å². The molecule has 2 rings (SSSR count). The van der Waals surface area contributed by atoms with Gasteiger partial charge in [-0.2, -0.15) is 0 Å². The summed E-state index contributed by atoms with van der Waals surface area (Å²) in [5, 5.41) is 14.1. The topological polar surface area (TPSA) is 80.9 Å². The molecule has 0 spiro atoms. The minimum absolute atomic E-state index is 0.0565. The van der Waals surface area contributed by atoms with E-state index in [1.165, 1.54) is 11.3 Å². The van der Waals surface area contributed by atoms with E-state index in [9.17, 15) is 4.79 Å². The molecule has 0 radical (unpaired) electrons. The van der Waals surface area contributed by atoms with Gasteiger partial charge in [-0.1, -0.05) is 17.4 Å². The maximum Gasteiger partial charge on any atom is 0.231 e. The molecule has 0 unspecified atom stereocenters. The molecule has 7 heteroatoms. The molecule has 0 aromatic carbocycles. The first-order chi connectivity index (χ1) is 8.78. The summed E-state index contributed by atoms with van der Waals surface area (Å²) >= 11 is 2.98. The van der Waals surface area contributed by atoms with E-state index in [-0.39, 0.29) is 5.91 Å². The third-order valence-corrected chi connectivity index (χ3v) is 4.00. The van der Waals surface area contributed by atoms with Gasteiger partial charge in [-0.05, 0) is 24.4 Å². The van der Waals surface area contributed by atoms with Crippen LogP contribution in [0.25, 0.3) is 0 Å². The number of aromatic nitrogens is 2. The van der Waals surface area contributed by atoms with E-state index in [2.05, 4.69) is 15.5 Å². The molecule has 1 amide bonds. The van der Waals surface area contributed by atoms with Crippen LogP contribution in [-0.2, 0) is 17.6 Å². The standard InChI is InChI=1S/C11H14N4OS2/c12-5-1-4-10-14-15-11(18-10)13-9(16)7-8-3-2-6-17-8/h2-3,6H,1,4-5,7,12H2,(H,13,15,16). The number of thiophene rings is 1. The highest BCUT2D eigenvalue weighted by atomic mass is 32.1. The smallest absolute Gasteiger partial charge is 0.231 e. The summed E-state index contributed by atoms with van der Waals surface area (Å²) in [5.74, 6) is -0.0565. The molecular formula is C11H14N4OS2. The predicted molar refractivity (Wildman–Crippen MR) is 73.9 cm³/mol. The highest BCUT2D eigenvalue weighted by Crippen LogP contribution is 2.17. The van der Waals surface area contributed by atoms with E-state index < -0.39 is 0 Å². The highest BCUT2D eigenvalue weighted by Gasteiger charge is 2.09. The summed E-state index contributed by atoms with van der Waals surface area (Å²) in [6.45, 7) is 0.639. The van der Waals surface area contributed by atoms with Gasteiger partial charge in [-0.3, -0.25) is 4.79 Å². The largest absolute Gasteiger partial charge is 0.330 e. The number of carbonyl (C=O) groups excluding carboxylic acids is 1. The van der Waals surface area contributed by atoms with E-state index in [1.807, 2.05) is 17.5 Å². The second-order valence-electron chi connectivity index (χ2n) is 3.70. The third kappa shape index (κ3) is 3.86. The Morgan fingerprint density at radius 1 is 1.44 bits per heavy atom. The number of anilines is 1. The Balaban J connectivity index is 1.85. The van der Waals surface area contributed by atoms with E-state index in [4.69, 9.17) is 5.73 Å². The molecule has 96 valence electrons. The zero-order valence-electron chi connectivity index (χ0n) is 9.76. The fourth-order valence-corrected chi connectivity index (χ4v) is 2.89. The molecular weight excluding hydrogens is 268 g/mol. The molecule has 0 atom stereocenters. The average Bonchev–Trinajstić information content (AvgIpc) is 2.98. The van der Waals surface area contributed by atoms with Crippen LogP contribution in [0.15, 0.2) is 17.5 Å². The Morgan fingerprint density at radius 3 is 3.06 bits per heavy atom. The number of aryl methyl sites for hydroxylation is 1. The maximum absolute atomic E-state index is 11.7. The molecule has 2 aromatic heterocycles. The molecule has 2 aromatic rings. The van der Waals surface area contributed by atoms with Crippen LogP contribution >= 0.6 is 22.7 Å². The van der Waals surface area contributed by atoms with Gasteiger partial charge in [-0.25, -0.2) is 0 Å². The number of nitrogens with one attached hydrogen (secondary N) is 1. The first-order valence-electron chi connectivity index (χ1n) is 5.62. The number of hydrogen-bond donors (Lipinski definition) is 2. The quantitative estimate of drug-likeness (QED) is 0.844. The van der Waals surface area contributed by atoms with Crippen molar-refractivity contribution in [1.82, 2.24) is 10.2 Å². The van der Waals surface area contributed by atoms with Gasteiger partial charge >= 0.3 is 0 Å². The fourth-order valence-electron chi connectivity index (χ4n) is 1.39. The lowest BCUT2D eigenvalue weighted by molar-refractivity contribution is -0.115. The van der Waals surface area contributed by atoms with Crippen LogP contribution in [-0.4, -0.2) is 22.6 Å². The van der Waals surface area contributed by atoms with Gasteiger partial charge in [0, 0.05) is 11.3 Å². The lowest BCUT2D eigenvalue weighted by Gasteiger charge is -1.98. The Hall–Kier alpha value is -1.31. The van der Waals surface area contributed by atoms with E-state index >= 15 is 0 Å². The van der Waals surface area contributed by atoms with Gasteiger partial charge in [0.15, 0.2) is 0 Å². The molecule has 0 bridgehead atoms. The average molecular weight is 282 g/mol. The molecule has 0 aliphatic carbocycles. The van der Waals surface area contributed by atoms with Crippen molar-refractivity contribution in [3.63, 3.8) is 0 Å². The number of nitrogens with zero attached hydrogens (tertiary/aromatic N) is 2. The first-order valence-corrected chi connectivity index (χ1v) is 7.32. The van der Waals surface area contributed by atoms with Crippen molar-refractivity contribution < 1.29 is 4.79 Å². The van der Waals surface area contributed by atoms with Crippen LogP contribution < -0.4 is 11.1 Å². The lowest BCUT2D eigenvalue weighted by Crippen LogP contribution is -2.13. The van der Waals surface area contributed by atoms with Crippen LogP contribution in [0, 0.1) is 0 Å². The second kappa shape index (κ2) is 6.58. The van der Waals surface area contributed by atoms with Crippen molar-refractivity contribution in [1.29, 1.82) is 0 Å². The second-order valence-corrected chi connectivity index (χ2v) is 5.79. The summed E-state index contributed by atoms with van der Waals surface area (Å²) in [6.07, 6.45) is 2.09. The molecule has 5 nitrogen and oxygen atoms in total. The summed E-state index contributed by atoms with van der Waals surface area (Å²) in [7, 11) is 0. The number of amides is 1. The third-order valence-electron chi connectivity index (χ3n) is 2.22.